The van der Waals surface area contributed by atoms with E-state index in [-0.39, 0.29) is 5.91 Å². The summed E-state index contributed by atoms with van der Waals surface area (Å²) in [6, 6.07) is 15.3. The van der Waals surface area contributed by atoms with Gasteiger partial charge in [0.1, 0.15) is 11.5 Å². The molecule has 0 aliphatic heterocycles. The Morgan fingerprint density at radius 3 is 2.36 bits per heavy atom. The second-order valence-electron chi connectivity index (χ2n) is 8.91. The largest absolute Gasteiger partial charge is 0.385 e. The predicted octanol–water partition coefficient (Wildman–Crippen LogP) is 5.87. The number of nitrogens with one attached hydrogen (secondary N) is 1. The first-order valence-electron chi connectivity index (χ1n) is 11.8. The van der Waals surface area contributed by atoms with Crippen molar-refractivity contribution in [3.8, 4) is 11.4 Å². The van der Waals surface area contributed by atoms with Crippen molar-refractivity contribution in [2.75, 3.05) is 19.0 Å². The molecule has 0 unspecified atom stereocenters. The Morgan fingerprint density at radius 2 is 1.78 bits per heavy atom. The van der Waals surface area contributed by atoms with Crippen molar-refractivity contribution in [1.29, 1.82) is 0 Å². The van der Waals surface area contributed by atoms with Gasteiger partial charge >= 0.3 is 5.91 Å². The molecule has 0 fully saturated rings. The standard InChI is InChI=1S/C27H32N4O4S/c1-6-19-8-12-21(13-9-19)28-25(32)23-18(2)31(16-7-17-35-5)24(29-23)20-10-14-22(15-11-20)36-27(3,4)26(33)30-34/h8-15H,6-7,16-17H2,1-5H3,(H,28,32). The van der Waals surface area contributed by atoms with E-state index in [1.807, 2.05) is 60.0 Å². The third-order valence-corrected chi connectivity index (χ3v) is 7.06. The fraction of sp³-hybridized carbons (Fsp3) is 0.370. The van der Waals surface area contributed by atoms with Crippen molar-refractivity contribution >= 4 is 29.3 Å². The molecule has 3 rings (SSSR count). The average Bonchev–Trinajstić information content (AvgIpc) is 3.20. The number of hydrogen-bond acceptors (Lipinski definition) is 6. The maximum absolute atomic E-state index is 13.1. The number of methoxy groups -OCH3 is 1. The molecule has 2 amide bonds. The zero-order valence-corrected chi connectivity index (χ0v) is 22.1. The number of anilines is 1. The molecule has 0 aliphatic carbocycles. The van der Waals surface area contributed by atoms with Crippen molar-refractivity contribution in [3.05, 3.63) is 70.4 Å². The van der Waals surface area contributed by atoms with Crippen LogP contribution in [0.25, 0.3) is 11.4 Å². The highest BCUT2D eigenvalue weighted by atomic mass is 32.2. The summed E-state index contributed by atoms with van der Waals surface area (Å²) in [5, 5.41) is 5.52. The molecule has 2 aromatic carbocycles. The summed E-state index contributed by atoms with van der Waals surface area (Å²) in [5.41, 5.74) is 3.89. The highest BCUT2D eigenvalue weighted by molar-refractivity contribution is 8.01. The van der Waals surface area contributed by atoms with E-state index in [1.54, 1.807) is 21.0 Å². The van der Waals surface area contributed by atoms with E-state index in [2.05, 4.69) is 17.4 Å². The number of amides is 2. The number of benzene rings is 2. The summed E-state index contributed by atoms with van der Waals surface area (Å²) in [6.07, 6.45) is 1.70. The van der Waals surface area contributed by atoms with E-state index in [0.29, 0.717) is 24.7 Å². The van der Waals surface area contributed by atoms with Gasteiger partial charge < -0.3 is 14.6 Å². The molecule has 36 heavy (non-hydrogen) atoms. The summed E-state index contributed by atoms with van der Waals surface area (Å²) in [4.78, 5) is 41.2. The smallest absolute Gasteiger partial charge is 0.302 e. The minimum Gasteiger partial charge on any atom is -0.385 e. The van der Waals surface area contributed by atoms with Crippen LogP contribution < -0.4 is 5.32 Å². The molecule has 1 heterocycles. The topological polar surface area (TPSA) is 103 Å². The van der Waals surface area contributed by atoms with Crippen LogP contribution in [-0.4, -0.2) is 39.8 Å². The molecule has 0 aliphatic rings. The number of aromatic nitrogens is 2. The zero-order chi connectivity index (χ0) is 26.3. The van der Waals surface area contributed by atoms with Gasteiger partial charge in [-0.25, -0.2) is 4.98 Å². The van der Waals surface area contributed by atoms with Crippen LogP contribution in [0.15, 0.2) is 58.6 Å². The van der Waals surface area contributed by atoms with Gasteiger partial charge in [0.15, 0.2) is 0 Å². The first-order chi connectivity index (χ1) is 17.2. The van der Waals surface area contributed by atoms with Crippen molar-refractivity contribution in [2.45, 2.75) is 56.7 Å². The average molecular weight is 509 g/mol. The van der Waals surface area contributed by atoms with Gasteiger partial charge in [-0.3, -0.25) is 9.59 Å². The van der Waals surface area contributed by atoms with Crippen LogP contribution >= 0.6 is 11.8 Å². The number of nitroso groups, excluding NO2 is 1. The number of nitrogens with zero attached hydrogens (tertiary/aromatic N) is 3. The minimum absolute atomic E-state index is 0.266. The first kappa shape index (κ1) is 27.3. The lowest BCUT2D eigenvalue weighted by Gasteiger charge is -2.18. The van der Waals surface area contributed by atoms with Gasteiger partial charge in [-0.05, 0) is 63.4 Å². The predicted molar refractivity (Wildman–Crippen MR) is 143 cm³/mol. The van der Waals surface area contributed by atoms with Gasteiger partial charge in [0.25, 0.3) is 5.91 Å². The Bertz CT molecular complexity index is 1220. The van der Waals surface area contributed by atoms with Crippen molar-refractivity contribution in [2.24, 2.45) is 5.18 Å². The molecule has 0 spiro atoms. The summed E-state index contributed by atoms with van der Waals surface area (Å²) in [6.45, 7) is 8.55. The number of thioether (sulfide) groups is 1. The van der Waals surface area contributed by atoms with Crippen molar-refractivity contribution in [1.82, 2.24) is 9.55 Å². The van der Waals surface area contributed by atoms with E-state index >= 15 is 0 Å². The highest BCUT2D eigenvalue weighted by Gasteiger charge is 2.30. The van der Waals surface area contributed by atoms with Crippen LogP contribution in [0, 0.1) is 11.8 Å². The van der Waals surface area contributed by atoms with Gasteiger partial charge in [-0.1, -0.05) is 31.2 Å². The Balaban J connectivity index is 1.90. The van der Waals surface area contributed by atoms with Crippen LogP contribution in [0.4, 0.5) is 5.69 Å². The van der Waals surface area contributed by atoms with Crippen LogP contribution in [0.1, 0.15) is 48.9 Å². The lowest BCUT2D eigenvalue weighted by atomic mass is 10.1. The second-order valence-corrected chi connectivity index (χ2v) is 10.6. The molecule has 0 saturated heterocycles. The lowest BCUT2D eigenvalue weighted by Crippen LogP contribution is -2.25. The first-order valence-corrected chi connectivity index (χ1v) is 12.7. The van der Waals surface area contributed by atoms with Crippen LogP contribution in [0.2, 0.25) is 0 Å². The summed E-state index contributed by atoms with van der Waals surface area (Å²) >= 11 is 1.27. The Labute approximate surface area is 215 Å². The fourth-order valence-corrected chi connectivity index (χ4v) is 4.73. The number of ether oxygens (including phenoxy) is 1. The van der Waals surface area contributed by atoms with E-state index in [9.17, 15) is 14.5 Å². The molecule has 3 aromatic rings. The van der Waals surface area contributed by atoms with Gasteiger partial charge in [0.05, 0.1) is 4.75 Å². The quantitative estimate of drug-likeness (QED) is 0.197. The molecular weight excluding hydrogens is 476 g/mol. The van der Waals surface area contributed by atoms with Gasteiger partial charge in [-0.15, -0.1) is 16.7 Å². The third kappa shape index (κ3) is 6.47. The number of imidazole rings is 1. The van der Waals surface area contributed by atoms with E-state index < -0.39 is 10.7 Å². The Kier molecular flexibility index (Phi) is 9.17. The molecule has 0 radical (unpaired) electrons. The van der Waals surface area contributed by atoms with Crippen LogP contribution in [0.5, 0.6) is 0 Å². The zero-order valence-electron chi connectivity index (χ0n) is 21.3. The molecule has 0 saturated carbocycles. The fourth-order valence-electron chi connectivity index (χ4n) is 3.74. The SMILES string of the molecule is CCc1ccc(NC(=O)c2nc(-c3ccc(SC(C)(C)C(=O)N=O)cc3)n(CCCOC)c2C)cc1. The van der Waals surface area contributed by atoms with Crippen molar-refractivity contribution in [3.63, 3.8) is 0 Å². The molecule has 8 nitrogen and oxygen atoms in total. The van der Waals surface area contributed by atoms with Crippen LogP contribution in [0.3, 0.4) is 0 Å². The van der Waals surface area contributed by atoms with Gasteiger partial charge in [0, 0.05) is 47.3 Å². The van der Waals surface area contributed by atoms with E-state index in [4.69, 9.17) is 9.72 Å². The summed E-state index contributed by atoms with van der Waals surface area (Å²) in [7, 11) is 1.66. The third-order valence-electron chi connectivity index (χ3n) is 5.87. The molecule has 1 N–H and O–H groups in total. The maximum atomic E-state index is 13.1. The molecular formula is C27H32N4O4S. The number of aryl methyl sites for hydroxylation is 1. The van der Waals surface area contributed by atoms with E-state index in [1.165, 1.54) is 17.3 Å². The molecule has 190 valence electrons. The number of carbonyl (C=O) groups is 2. The molecule has 1 aromatic heterocycles. The molecule has 0 bridgehead atoms. The number of hydrogen-bond donors (Lipinski definition) is 1. The monoisotopic (exact) mass is 508 g/mol. The minimum atomic E-state index is -0.959. The second kappa shape index (κ2) is 12.1. The van der Waals surface area contributed by atoms with Crippen LogP contribution in [-0.2, 0) is 22.5 Å². The lowest BCUT2D eigenvalue weighted by molar-refractivity contribution is -0.119. The maximum Gasteiger partial charge on any atom is 0.302 e. The number of rotatable bonds is 11. The van der Waals surface area contributed by atoms with Crippen molar-refractivity contribution < 1.29 is 14.3 Å². The normalized spacial score (nSPS) is 11.4. The van der Waals surface area contributed by atoms with Gasteiger partial charge in [-0.2, -0.15) is 0 Å². The highest BCUT2D eigenvalue weighted by Crippen LogP contribution is 2.35. The van der Waals surface area contributed by atoms with Gasteiger partial charge in [0.2, 0.25) is 0 Å². The summed E-state index contributed by atoms with van der Waals surface area (Å²) < 4.78 is 6.29. The molecule has 9 heteroatoms. The molecule has 0 atom stereocenters. The summed E-state index contributed by atoms with van der Waals surface area (Å²) in [5.74, 6) is -0.297. The Morgan fingerprint density at radius 1 is 1.11 bits per heavy atom. The number of carbonyl (C=O) groups excluding carboxylic acids is 2. The van der Waals surface area contributed by atoms with E-state index in [0.717, 1.165) is 34.7 Å². The Hall–Kier alpha value is -3.30.